The van der Waals surface area contributed by atoms with Crippen LogP contribution >= 0.6 is 0 Å². The molecule has 2 aromatic carbocycles. The zero-order valence-electron chi connectivity index (χ0n) is 18.0. The van der Waals surface area contributed by atoms with E-state index in [0.717, 1.165) is 16.6 Å². The highest BCUT2D eigenvalue weighted by molar-refractivity contribution is 6.00. The lowest BCUT2D eigenvalue weighted by Gasteiger charge is -2.14. The minimum Gasteiger partial charge on any atom is -0.383 e. The average molecular weight is 408 g/mol. The van der Waals surface area contributed by atoms with Crippen LogP contribution in [0.15, 0.2) is 42.5 Å². The van der Waals surface area contributed by atoms with Crippen LogP contribution in [-0.2, 0) is 16.1 Å². The number of rotatable bonds is 8. The summed E-state index contributed by atoms with van der Waals surface area (Å²) in [6, 6.07) is 14.0. The number of amides is 2. The fourth-order valence-corrected chi connectivity index (χ4v) is 3.45. The van der Waals surface area contributed by atoms with Crippen molar-refractivity contribution in [2.24, 2.45) is 0 Å². The molecule has 0 fully saturated rings. The number of aromatic nitrogens is 1. The van der Waals surface area contributed by atoms with E-state index in [2.05, 4.69) is 42.7 Å². The number of fused-ring (bicyclic) bond motifs is 1. The first-order valence-electron chi connectivity index (χ1n) is 10.2. The highest BCUT2D eigenvalue weighted by Gasteiger charge is 2.17. The number of methoxy groups -OCH3 is 1. The van der Waals surface area contributed by atoms with E-state index in [4.69, 9.17) is 4.74 Å². The van der Waals surface area contributed by atoms with E-state index in [0.29, 0.717) is 31.8 Å². The molecular formula is C24H29N3O3. The van der Waals surface area contributed by atoms with Crippen LogP contribution in [0.25, 0.3) is 10.9 Å². The number of hydrogen-bond acceptors (Lipinski definition) is 3. The SMILES string of the molecule is CCC(=O)Nc1ccc2c(c1)cc(C(=O)NCCOC)n2Cc1cc(C)ccc1C. The molecule has 0 saturated carbocycles. The summed E-state index contributed by atoms with van der Waals surface area (Å²) in [5, 5.41) is 6.71. The van der Waals surface area contributed by atoms with Crippen LogP contribution in [0.3, 0.4) is 0 Å². The maximum absolute atomic E-state index is 12.9. The minimum absolute atomic E-state index is 0.0401. The Morgan fingerprint density at radius 1 is 1.07 bits per heavy atom. The molecule has 0 aliphatic carbocycles. The molecule has 6 heteroatoms. The molecule has 1 aromatic heterocycles. The van der Waals surface area contributed by atoms with Gasteiger partial charge in [-0.3, -0.25) is 9.59 Å². The second-order valence-corrected chi connectivity index (χ2v) is 7.47. The minimum atomic E-state index is -0.146. The van der Waals surface area contributed by atoms with Crippen LogP contribution < -0.4 is 10.6 Å². The standard InChI is InChI=1S/C24H29N3O3/c1-5-23(28)26-20-8-9-21-18(13-20)14-22(24(29)25-10-11-30-4)27(21)15-19-12-16(2)6-7-17(19)3/h6-9,12-14H,5,10-11,15H2,1-4H3,(H,25,29)(H,26,28). The van der Waals surface area contributed by atoms with E-state index in [1.165, 1.54) is 16.7 Å². The largest absolute Gasteiger partial charge is 0.383 e. The smallest absolute Gasteiger partial charge is 0.268 e. The quantitative estimate of drug-likeness (QED) is 0.554. The predicted octanol–water partition coefficient (Wildman–Crippen LogP) is 4.03. The lowest BCUT2D eigenvalue weighted by molar-refractivity contribution is -0.115. The Morgan fingerprint density at radius 3 is 2.60 bits per heavy atom. The average Bonchev–Trinajstić information content (AvgIpc) is 3.08. The molecule has 0 radical (unpaired) electrons. The van der Waals surface area contributed by atoms with E-state index in [1.54, 1.807) is 7.11 Å². The molecular weight excluding hydrogens is 378 g/mol. The highest BCUT2D eigenvalue weighted by Crippen LogP contribution is 2.26. The van der Waals surface area contributed by atoms with E-state index in [1.807, 2.05) is 35.8 Å². The molecule has 6 nitrogen and oxygen atoms in total. The molecule has 0 unspecified atom stereocenters. The van der Waals surface area contributed by atoms with Gasteiger partial charge in [-0.2, -0.15) is 0 Å². The summed E-state index contributed by atoms with van der Waals surface area (Å²) < 4.78 is 7.08. The van der Waals surface area contributed by atoms with Gasteiger partial charge < -0.3 is 19.9 Å². The molecule has 30 heavy (non-hydrogen) atoms. The van der Waals surface area contributed by atoms with Crippen molar-refractivity contribution in [1.82, 2.24) is 9.88 Å². The van der Waals surface area contributed by atoms with Gasteiger partial charge in [-0.1, -0.05) is 30.7 Å². The van der Waals surface area contributed by atoms with Crippen molar-refractivity contribution in [1.29, 1.82) is 0 Å². The molecule has 2 N–H and O–H groups in total. The number of carbonyl (C=O) groups excluding carboxylic acids is 2. The number of nitrogens with zero attached hydrogens (tertiary/aromatic N) is 1. The van der Waals surface area contributed by atoms with Gasteiger partial charge in [0.25, 0.3) is 5.91 Å². The molecule has 2 amide bonds. The highest BCUT2D eigenvalue weighted by atomic mass is 16.5. The first-order chi connectivity index (χ1) is 14.4. The molecule has 0 atom stereocenters. The van der Waals surface area contributed by atoms with Crippen LogP contribution in [0.2, 0.25) is 0 Å². The van der Waals surface area contributed by atoms with Crippen LogP contribution in [-0.4, -0.2) is 36.6 Å². The Bertz CT molecular complexity index is 1070. The molecule has 0 aliphatic heterocycles. The number of ether oxygens (including phenoxy) is 1. The summed E-state index contributed by atoms with van der Waals surface area (Å²) >= 11 is 0. The lowest BCUT2D eigenvalue weighted by atomic mass is 10.1. The summed E-state index contributed by atoms with van der Waals surface area (Å²) in [5.41, 5.74) is 5.79. The molecule has 3 aromatic rings. The van der Waals surface area contributed by atoms with Crippen molar-refractivity contribution < 1.29 is 14.3 Å². The van der Waals surface area contributed by atoms with Crippen molar-refractivity contribution in [3.63, 3.8) is 0 Å². The molecule has 1 heterocycles. The topological polar surface area (TPSA) is 72.4 Å². The fraction of sp³-hybridized carbons (Fsp3) is 0.333. The number of benzene rings is 2. The summed E-state index contributed by atoms with van der Waals surface area (Å²) in [5.74, 6) is -0.186. The van der Waals surface area contributed by atoms with Gasteiger partial charge in [0, 0.05) is 43.2 Å². The maximum Gasteiger partial charge on any atom is 0.268 e. The Labute approximate surface area is 177 Å². The molecule has 0 bridgehead atoms. The van der Waals surface area contributed by atoms with Crippen molar-refractivity contribution in [3.05, 3.63) is 64.8 Å². The number of hydrogen-bond donors (Lipinski definition) is 2. The van der Waals surface area contributed by atoms with Crippen LogP contribution in [0.4, 0.5) is 5.69 Å². The third-order valence-corrected chi connectivity index (χ3v) is 5.16. The number of aryl methyl sites for hydroxylation is 2. The van der Waals surface area contributed by atoms with Crippen molar-refractivity contribution >= 4 is 28.4 Å². The summed E-state index contributed by atoms with van der Waals surface area (Å²) in [4.78, 5) is 24.7. The first kappa shape index (κ1) is 21.6. The molecule has 3 rings (SSSR count). The second-order valence-electron chi connectivity index (χ2n) is 7.47. The van der Waals surface area contributed by atoms with Gasteiger partial charge in [0.2, 0.25) is 5.91 Å². The first-order valence-corrected chi connectivity index (χ1v) is 10.2. The zero-order valence-corrected chi connectivity index (χ0v) is 18.0. The summed E-state index contributed by atoms with van der Waals surface area (Å²) in [6.07, 6.45) is 0.416. The maximum atomic E-state index is 12.9. The molecule has 0 saturated heterocycles. The fourth-order valence-electron chi connectivity index (χ4n) is 3.45. The number of nitrogens with one attached hydrogen (secondary N) is 2. The predicted molar refractivity (Wildman–Crippen MR) is 120 cm³/mol. The second kappa shape index (κ2) is 9.59. The van der Waals surface area contributed by atoms with Gasteiger partial charge >= 0.3 is 0 Å². The Balaban J connectivity index is 2.03. The Morgan fingerprint density at radius 2 is 1.87 bits per heavy atom. The van der Waals surface area contributed by atoms with Gasteiger partial charge in [0.15, 0.2) is 0 Å². The van der Waals surface area contributed by atoms with Gasteiger partial charge in [-0.15, -0.1) is 0 Å². The summed E-state index contributed by atoms with van der Waals surface area (Å²) in [7, 11) is 1.61. The molecule has 0 spiro atoms. The van der Waals surface area contributed by atoms with Gasteiger partial charge in [0.05, 0.1) is 6.61 Å². The Kier molecular flexibility index (Phi) is 6.90. The van der Waals surface area contributed by atoms with E-state index < -0.39 is 0 Å². The monoisotopic (exact) mass is 407 g/mol. The third-order valence-electron chi connectivity index (χ3n) is 5.16. The molecule has 158 valence electrons. The molecule has 0 aliphatic rings. The van der Waals surface area contributed by atoms with Crippen LogP contribution in [0.1, 0.15) is 40.5 Å². The van der Waals surface area contributed by atoms with Crippen molar-refractivity contribution in [2.75, 3.05) is 25.6 Å². The van der Waals surface area contributed by atoms with Gasteiger partial charge in [-0.25, -0.2) is 0 Å². The Hall–Kier alpha value is -3.12. The number of carbonyl (C=O) groups is 2. The lowest BCUT2D eigenvalue weighted by Crippen LogP contribution is -2.29. The van der Waals surface area contributed by atoms with E-state index >= 15 is 0 Å². The summed E-state index contributed by atoms with van der Waals surface area (Å²) in [6.45, 7) is 7.45. The van der Waals surface area contributed by atoms with Crippen molar-refractivity contribution in [3.8, 4) is 0 Å². The van der Waals surface area contributed by atoms with Gasteiger partial charge in [-0.05, 0) is 49.2 Å². The van der Waals surface area contributed by atoms with Crippen LogP contribution in [0.5, 0.6) is 0 Å². The van der Waals surface area contributed by atoms with E-state index in [9.17, 15) is 9.59 Å². The van der Waals surface area contributed by atoms with Crippen molar-refractivity contribution in [2.45, 2.75) is 33.7 Å². The normalized spacial score (nSPS) is 10.9. The third kappa shape index (κ3) is 4.89. The number of anilines is 1. The van der Waals surface area contributed by atoms with E-state index in [-0.39, 0.29) is 11.8 Å². The zero-order chi connectivity index (χ0) is 21.7. The van der Waals surface area contributed by atoms with Crippen LogP contribution in [0, 0.1) is 13.8 Å². The van der Waals surface area contributed by atoms with Gasteiger partial charge in [0.1, 0.15) is 5.69 Å².